The molecule has 0 amide bonds. The second-order valence-corrected chi connectivity index (χ2v) is 7.70. The molecular weight excluding hydrogens is 471 g/mol. The highest BCUT2D eigenvalue weighted by Gasteiger charge is 2.21. The summed E-state index contributed by atoms with van der Waals surface area (Å²) in [5.74, 6) is 1.78. The standard InChI is InChI=1S/C19H26N6S.HI/c1-16(26-17-7-4-3-5-8-17)15-23-18(20-2)24-11-13-25(14-12-24)19-21-9-6-10-22-19;/h3-10,16H,11-15H2,1-2H3,(H,20,23);1H. The van der Waals surface area contributed by atoms with E-state index in [0.717, 1.165) is 44.6 Å². The van der Waals surface area contributed by atoms with Crippen molar-refractivity contribution in [1.29, 1.82) is 0 Å². The van der Waals surface area contributed by atoms with Crippen molar-refractivity contribution >= 4 is 47.6 Å². The quantitative estimate of drug-likeness (QED) is 0.296. The molecule has 1 N–H and O–H groups in total. The molecule has 6 nitrogen and oxygen atoms in total. The number of nitrogens with zero attached hydrogens (tertiary/aromatic N) is 5. The zero-order chi connectivity index (χ0) is 18.2. The summed E-state index contributed by atoms with van der Waals surface area (Å²) in [6, 6.07) is 12.4. The molecule has 0 aliphatic carbocycles. The lowest BCUT2D eigenvalue weighted by atomic mass is 10.3. The largest absolute Gasteiger partial charge is 0.355 e. The summed E-state index contributed by atoms with van der Waals surface area (Å²) in [5.41, 5.74) is 0. The maximum absolute atomic E-state index is 4.46. The number of aliphatic imine (C=N–C) groups is 1. The van der Waals surface area contributed by atoms with Gasteiger partial charge in [0.25, 0.3) is 0 Å². The first-order valence-electron chi connectivity index (χ1n) is 8.95. The Morgan fingerprint density at radius 2 is 1.78 bits per heavy atom. The van der Waals surface area contributed by atoms with Crippen molar-refractivity contribution in [3.05, 3.63) is 48.8 Å². The minimum absolute atomic E-state index is 0. The van der Waals surface area contributed by atoms with Crippen LogP contribution in [-0.4, -0.2) is 65.8 Å². The number of piperazine rings is 1. The molecule has 1 unspecified atom stereocenters. The van der Waals surface area contributed by atoms with Crippen LogP contribution in [0.2, 0.25) is 0 Å². The van der Waals surface area contributed by atoms with Gasteiger partial charge in [0.15, 0.2) is 5.96 Å². The van der Waals surface area contributed by atoms with Gasteiger partial charge in [0.2, 0.25) is 5.95 Å². The first kappa shape index (κ1) is 21.7. The van der Waals surface area contributed by atoms with E-state index in [0.29, 0.717) is 5.25 Å². The maximum atomic E-state index is 4.46. The fraction of sp³-hybridized carbons (Fsp3) is 0.421. The first-order chi connectivity index (χ1) is 12.8. The fourth-order valence-corrected chi connectivity index (χ4v) is 3.86. The Balaban J connectivity index is 0.00000261. The molecule has 1 aromatic carbocycles. The van der Waals surface area contributed by atoms with E-state index in [-0.39, 0.29) is 24.0 Å². The van der Waals surface area contributed by atoms with E-state index >= 15 is 0 Å². The van der Waals surface area contributed by atoms with E-state index in [9.17, 15) is 0 Å². The highest BCUT2D eigenvalue weighted by Crippen LogP contribution is 2.22. The predicted octanol–water partition coefficient (Wildman–Crippen LogP) is 2.97. The third kappa shape index (κ3) is 6.53. The SMILES string of the molecule is CN=C(NCC(C)Sc1ccccc1)N1CCN(c2ncccn2)CC1.I. The molecule has 146 valence electrons. The van der Waals surface area contributed by atoms with E-state index in [4.69, 9.17) is 0 Å². The Kier molecular flexibility index (Phi) is 9.12. The average Bonchev–Trinajstić information content (AvgIpc) is 2.70. The minimum Gasteiger partial charge on any atom is -0.355 e. The van der Waals surface area contributed by atoms with Gasteiger partial charge >= 0.3 is 0 Å². The van der Waals surface area contributed by atoms with Gasteiger partial charge in [-0.3, -0.25) is 4.99 Å². The number of hydrogen-bond acceptors (Lipinski definition) is 5. The van der Waals surface area contributed by atoms with Crippen LogP contribution in [0, 0.1) is 0 Å². The van der Waals surface area contributed by atoms with Crippen LogP contribution in [0.4, 0.5) is 5.95 Å². The number of benzene rings is 1. The van der Waals surface area contributed by atoms with Crippen LogP contribution in [-0.2, 0) is 0 Å². The summed E-state index contributed by atoms with van der Waals surface area (Å²) >= 11 is 1.88. The molecule has 8 heteroatoms. The van der Waals surface area contributed by atoms with Crippen molar-refractivity contribution in [2.45, 2.75) is 17.1 Å². The zero-order valence-electron chi connectivity index (χ0n) is 15.8. The predicted molar refractivity (Wildman–Crippen MR) is 124 cm³/mol. The molecule has 1 aromatic heterocycles. The molecule has 3 rings (SSSR count). The van der Waals surface area contributed by atoms with E-state index in [1.165, 1.54) is 4.90 Å². The number of thioether (sulfide) groups is 1. The van der Waals surface area contributed by atoms with Crippen molar-refractivity contribution in [3.63, 3.8) is 0 Å². The van der Waals surface area contributed by atoms with E-state index in [1.807, 2.05) is 24.9 Å². The number of anilines is 1. The van der Waals surface area contributed by atoms with Gasteiger partial charge in [0.1, 0.15) is 0 Å². The van der Waals surface area contributed by atoms with E-state index in [1.54, 1.807) is 12.4 Å². The van der Waals surface area contributed by atoms with Crippen LogP contribution < -0.4 is 10.2 Å². The number of aromatic nitrogens is 2. The van der Waals surface area contributed by atoms with Gasteiger partial charge in [0, 0.05) is 62.3 Å². The normalized spacial score (nSPS) is 15.9. The van der Waals surface area contributed by atoms with Crippen LogP contribution >= 0.6 is 35.7 Å². The summed E-state index contributed by atoms with van der Waals surface area (Å²) in [4.78, 5) is 19.0. The Morgan fingerprint density at radius 3 is 2.41 bits per heavy atom. The van der Waals surface area contributed by atoms with Crippen LogP contribution in [0.5, 0.6) is 0 Å². The number of rotatable bonds is 5. The van der Waals surface area contributed by atoms with Gasteiger partial charge in [0.05, 0.1) is 0 Å². The maximum Gasteiger partial charge on any atom is 0.225 e. The number of halogens is 1. The molecule has 1 fully saturated rings. The summed E-state index contributed by atoms with van der Waals surface area (Å²) in [7, 11) is 1.85. The van der Waals surface area contributed by atoms with Crippen molar-refractivity contribution in [1.82, 2.24) is 20.2 Å². The van der Waals surface area contributed by atoms with Gasteiger partial charge in [-0.25, -0.2) is 9.97 Å². The number of nitrogens with one attached hydrogen (secondary N) is 1. The lowest BCUT2D eigenvalue weighted by molar-refractivity contribution is 0.370. The first-order valence-corrected chi connectivity index (χ1v) is 9.83. The summed E-state index contributed by atoms with van der Waals surface area (Å²) in [6.45, 7) is 6.76. The molecule has 27 heavy (non-hydrogen) atoms. The number of guanidine groups is 1. The van der Waals surface area contributed by atoms with Gasteiger partial charge in [-0.15, -0.1) is 35.7 Å². The lowest BCUT2D eigenvalue weighted by Crippen LogP contribution is -2.53. The van der Waals surface area contributed by atoms with Crippen molar-refractivity contribution in [3.8, 4) is 0 Å². The number of hydrogen-bond donors (Lipinski definition) is 1. The fourth-order valence-electron chi connectivity index (χ4n) is 2.91. The Bertz CT molecular complexity index is 692. The third-order valence-electron chi connectivity index (χ3n) is 4.25. The monoisotopic (exact) mass is 498 g/mol. The topological polar surface area (TPSA) is 56.7 Å². The van der Waals surface area contributed by atoms with E-state index in [2.05, 4.69) is 67.3 Å². The van der Waals surface area contributed by atoms with Crippen LogP contribution in [0.3, 0.4) is 0 Å². The van der Waals surface area contributed by atoms with Crippen LogP contribution in [0.15, 0.2) is 58.7 Å². The molecule has 0 bridgehead atoms. The Hall–Kier alpha value is -1.55. The van der Waals surface area contributed by atoms with Crippen molar-refractivity contribution in [2.75, 3.05) is 44.7 Å². The van der Waals surface area contributed by atoms with E-state index < -0.39 is 0 Å². The average molecular weight is 498 g/mol. The van der Waals surface area contributed by atoms with Gasteiger partial charge in [-0.1, -0.05) is 25.1 Å². The van der Waals surface area contributed by atoms with Crippen LogP contribution in [0.1, 0.15) is 6.92 Å². The van der Waals surface area contributed by atoms with Crippen LogP contribution in [0.25, 0.3) is 0 Å². The smallest absolute Gasteiger partial charge is 0.225 e. The highest BCUT2D eigenvalue weighted by molar-refractivity contribution is 14.0. The molecule has 0 spiro atoms. The van der Waals surface area contributed by atoms with Crippen molar-refractivity contribution < 1.29 is 0 Å². The van der Waals surface area contributed by atoms with Crippen molar-refractivity contribution in [2.24, 2.45) is 4.99 Å². The lowest BCUT2D eigenvalue weighted by Gasteiger charge is -2.36. The summed E-state index contributed by atoms with van der Waals surface area (Å²) in [5, 5.41) is 3.98. The highest BCUT2D eigenvalue weighted by atomic mass is 127. The Labute approximate surface area is 182 Å². The second kappa shape index (κ2) is 11.3. The van der Waals surface area contributed by atoms with Gasteiger partial charge < -0.3 is 15.1 Å². The molecule has 1 aliphatic heterocycles. The third-order valence-corrected chi connectivity index (χ3v) is 5.37. The molecule has 2 heterocycles. The van der Waals surface area contributed by atoms with Gasteiger partial charge in [-0.05, 0) is 18.2 Å². The molecule has 0 saturated carbocycles. The summed E-state index contributed by atoms with van der Waals surface area (Å²) in [6.07, 6.45) is 3.59. The zero-order valence-corrected chi connectivity index (χ0v) is 18.9. The Morgan fingerprint density at radius 1 is 1.11 bits per heavy atom. The molecule has 1 saturated heterocycles. The molecular formula is C19H27IN6S. The molecule has 1 atom stereocenters. The second-order valence-electron chi connectivity index (χ2n) is 6.19. The minimum atomic E-state index is 0. The molecule has 1 aliphatic rings. The summed E-state index contributed by atoms with van der Waals surface area (Å²) < 4.78 is 0. The van der Waals surface area contributed by atoms with Gasteiger partial charge in [-0.2, -0.15) is 0 Å². The molecule has 2 aromatic rings. The molecule has 0 radical (unpaired) electrons.